The average Bonchev–Trinajstić information content (AvgIpc) is 2.86. The summed E-state index contributed by atoms with van der Waals surface area (Å²) in [5, 5.41) is 0. The highest BCUT2D eigenvalue weighted by atomic mass is 32.2. The van der Waals surface area contributed by atoms with Crippen LogP contribution in [0, 0.1) is 0 Å². The van der Waals surface area contributed by atoms with E-state index in [-0.39, 0.29) is 37.0 Å². The van der Waals surface area contributed by atoms with Gasteiger partial charge in [0, 0.05) is 45.2 Å². The lowest BCUT2D eigenvalue weighted by atomic mass is 9.99. The molecule has 2 aromatic rings. The van der Waals surface area contributed by atoms with Crippen LogP contribution in [0.5, 0.6) is 0 Å². The molecule has 38 heavy (non-hydrogen) atoms. The van der Waals surface area contributed by atoms with Crippen molar-refractivity contribution in [2.24, 2.45) is 0 Å². The number of ether oxygens (including phenoxy) is 1. The van der Waals surface area contributed by atoms with E-state index in [1.807, 2.05) is 37.3 Å². The lowest BCUT2D eigenvalue weighted by Gasteiger charge is -2.40. The molecule has 0 bridgehead atoms. The van der Waals surface area contributed by atoms with Gasteiger partial charge < -0.3 is 14.5 Å². The number of sulfonamides is 1. The number of rotatable bonds is 4. The summed E-state index contributed by atoms with van der Waals surface area (Å²) in [5.74, 6) is -0.257. The van der Waals surface area contributed by atoms with E-state index in [1.165, 1.54) is 17.5 Å². The molecule has 10 nitrogen and oxygen atoms in total. The Kier molecular flexibility index (Phi) is 7.80. The summed E-state index contributed by atoms with van der Waals surface area (Å²) in [6, 6.07) is 12.5. The van der Waals surface area contributed by atoms with Crippen LogP contribution >= 0.6 is 0 Å². The molecule has 0 radical (unpaired) electrons. The predicted octanol–water partition coefficient (Wildman–Crippen LogP) is 3.18. The van der Waals surface area contributed by atoms with Gasteiger partial charge in [0.15, 0.2) is 0 Å². The number of hydrogen-bond acceptors (Lipinski definition) is 6. The van der Waals surface area contributed by atoms with Crippen molar-refractivity contribution in [3.05, 3.63) is 48.0 Å². The summed E-state index contributed by atoms with van der Waals surface area (Å²) in [6.07, 6.45) is 0.425. The number of anilines is 2. The first-order chi connectivity index (χ1) is 17.9. The average molecular weight is 543 g/mol. The number of fused-ring (bicyclic) bond motifs is 1. The SMILES string of the molecule is CC(=O)N1c2ccc(-c3ccc(C(=O)N4CCN(S(C)(=O)=O)CC4)cc3)cc2N(C(=O)OC(C)C)CC1C. The predicted molar refractivity (Wildman–Crippen MR) is 146 cm³/mol. The van der Waals surface area contributed by atoms with Crippen molar-refractivity contribution in [2.45, 2.75) is 39.8 Å². The van der Waals surface area contributed by atoms with Crippen LogP contribution in [0.1, 0.15) is 38.1 Å². The molecule has 2 aromatic carbocycles. The second-order valence-electron chi connectivity index (χ2n) is 10.0. The van der Waals surface area contributed by atoms with Gasteiger partial charge in [-0.05, 0) is 56.2 Å². The minimum atomic E-state index is -3.27. The standard InChI is InChI=1S/C27H34N4O6S/c1-18(2)37-27(34)30-17-19(3)31(20(4)32)24-11-10-23(16-25(24)30)21-6-8-22(9-7-21)26(33)28-12-14-29(15-13-28)38(5,35)36/h6-11,16,18-19H,12-15,17H2,1-5H3. The molecular weight excluding hydrogens is 508 g/mol. The number of benzene rings is 2. The van der Waals surface area contributed by atoms with E-state index >= 15 is 0 Å². The number of piperazine rings is 1. The van der Waals surface area contributed by atoms with Gasteiger partial charge in [-0.25, -0.2) is 13.2 Å². The first kappa shape index (κ1) is 27.6. The van der Waals surface area contributed by atoms with Crippen molar-refractivity contribution in [2.75, 3.05) is 48.8 Å². The van der Waals surface area contributed by atoms with Gasteiger partial charge in [0.25, 0.3) is 5.91 Å². The number of carbonyl (C=O) groups excluding carboxylic acids is 3. The van der Waals surface area contributed by atoms with Crippen LogP contribution in [-0.2, 0) is 19.6 Å². The number of hydrogen-bond donors (Lipinski definition) is 0. The minimum Gasteiger partial charge on any atom is -0.446 e. The van der Waals surface area contributed by atoms with E-state index in [0.717, 1.165) is 11.1 Å². The van der Waals surface area contributed by atoms with Gasteiger partial charge >= 0.3 is 6.09 Å². The van der Waals surface area contributed by atoms with E-state index in [4.69, 9.17) is 4.74 Å². The van der Waals surface area contributed by atoms with Crippen LogP contribution < -0.4 is 9.80 Å². The Morgan fingerprint density at radius 2 is 1.53 bits per heavy atom. The van der Waals surface area contributed by atoms with E-state index in [1.54, 1.807) is 40.7 Å². The summed E-state index contributed by atoms with van der Waals surface area (Å²) in [4.78, 5) is 43.2. The highest BCUT2D eigenvalue weighted by Crippen LogP contribution is 2.39. The monoisotopic (exact) mass is 542 g/mol. The first-order valence-electron chi connectivity index (χ1n) is 12.6. The maximum absolute atomic E-state index is 13.0. The van der Waals surface area contributed by atoms with E-state index < -0.39 is 16.1 Å². The van der Waals surface area contributed by atoms with Crippen LogP contribution in [0.2, 0.25) is 0 Å². The fourth-order valence-corrected chi connectivity index (χ4v) is 5.76. The molecule has 1 saturated heterocycles. The molecule has 204 valence electrons. The molecule has 0 aromatic heterocycles. The number of nitrogens with zero attached hydrogens (tertiary/aromatic N) is 4. The van der Waals surface area contributed by atoms with Gasteiger partial charge in [0.05, 0.1) is 29.8 Å². The third-order valence-corrected chi connectivity index (χ3v) is 8.07. The second-order valence-corrected chi connectivity index (χ2v) is 12.0. The van der Waals surface area contributed by atoms with Crippen molar-refractivity contribution < 1.29 is 27.5 Å². The topological polar surface area (TPSA) is 108 Å². The Morgan fingerprint density at radius 3 is 2.08 bits per heavy atom. The summed E-state index contributed by atoms with van der Waals surface area (Å²) < 4.78 is 30.3. The summed E-state index contributed by atoms with van der Waals surface area (Å²) in [6.45, 7) is 8.53. The van der Waals surface area contributed by atoms with Gasteiger partial charge in [-0.2, -0.15) is 4.31 Å². The fraction of sp³-hybridized carbons (Fsp3) is 0.444. The van der Waals surface area contributed by atoms with Crippen molar-refractivity contribution in [1.29, 1.82) is 0 Å². The van der Waals surface area contributed by atoms with Crippen molar-refractivity contribution in [3.8, 4) is 11.1 Å². The number of amides is 3. The van der Waals surface area contributed by atoms with Gasteiger partial charge in [0.2, 0.25) is 15.9 Å². The molecule has 0 aliphatic carbocycles. The third-order valence-electron chi connectivity index (χ3n) is 6.77. The summed E-state index contributed by atoms with van der Waals surface area (Å²) >= 11 is 0. The molecule has 1 atom stereocenters. The Labute approximate surface area is 223 Å². The lowest BCUT2D eigenvalue weighted by molar-refractivity contribution is -0.117. The van der Waals surface area contributed by atoms with Crippen molar-refractivity contribution in [1.82, 2.24) is 9.21 Å². The minimum absolute atomic E-state index is 0.108. The van der Waals surface area contributed by atoms with E-state index in [2.05, 4.69) is 0 Å². The van der Waals surface area contributed by atoms with Gasteiger partial charge in [-0.3, -0.25) is 14.5 Å². The van der Waals surface area contributed by atoms with Gasteiger partial charge in [-0.1, -0.05) is 18.2 Å². The molecule has 4 rings (SSSR count). The molecule has 2 aliphatic heterocycles. The Balaban J connectivity index is 1.58. The van der Waals surface area contributed by atoms with Crippen molar-refractivity contribution in [3.63, 3.8) is 0 Å². The zero-order valence-corrected chi connectivity index (χ0v) is 23.2. The van der Waals surface area contributed by atoms with Gasteiger partial charge in [-0.15, -0.1) is 0 Å². The zero-order valence-electron chi connectivity index (χ0n) is 22.4. The molecule has 0 saturated carbocycles. The molecular formula is C27H34N4O6S. The van der Waals surface area contributed by atoms with Crippen molar-refractivity contribution >= 4 is 39.3 Å². The first-order valence-corrected chi connectivity index (χ1v) is 14.5. The highest BCUT2D eigenvalue weighted by molar-refractivity contribution is 7.88. The Bertz CT molecular complexity index is 1330. The fourth-order valence-electron chi connectivity index (χ4n) is 4.93. The molecule has 11 heteroatoms. The Hall–Kier alpha value is -3.44. The Morgan fingerprint density at radius 1 is 0.921 bits per heavy atom. The molecule has 3 amide bonds. The van der Waals surface area contributed by atoms with Gasteiger partial charge in [0.1, 0.15) is 0 Å². The van der Waals surface area contributed by atoms with Crippen LogP contribution in [0.3, 0.4) is 0 Å². The van der Waals surface area contributed by atoms with Crippen LogP contribution in [0.25, 0.3) is 11.1 Å². The summed E-state index contributed by atoms with van der Waals surface area (Å²) in [7, 11) is -3.27. The maximum atomic E-state index is 13.0. The summed E-state index contributed by atoms with van der Waals surface area (Å²) in [5.41, 5.74) is 3.41. The molecule has 1 unspecified atom stereocenters. The second kappa shape index (κ2) is 10.7. The molecule has 0 spiro atoms. The molecule has 1 fully saturated rings. The normalized spacial score (nSPS) is 18.4. The highest BCUT2D eigenvalue weighted by Gasteiger charge is 2.35. The smallest absolute Gasteiger partial charge is 0.414 e. The zero-order chi connectivity index (χ0) is 27.8. The van der Waals surface area contributed by atoms with Crippen LogP contribution in [-0.4, -0.2) is 86.7 Å². The molecule has 0 N–H and O–H groups in total. The quantitative estimate of drug-likeness (QED) is 0.587. The van der Waals surface area contributed by atoms with E-state index in [0.29, 0.717) is 36.6 Å². The van der Waals surface area contributed by atoms with Crippen LogP contribution in [0.4, 0.5) is 16.2 Å². The van der Waals surface area contributed by atoms with Crippen LogP contribution in [0.15, 0.2) is 42.5 Å². The maximum Gasteiger partial charge on any atom is 0.414 e. The third kappa shape index (κ3) is 5.68. The molecule has 2 heterocycles. The van der Waals surface area contributed by atoms with E-state index in [9.17, 15) is 22.8 Å². The largest absolute Gasteiger partial charge is 0.446 e. The molecule has 2 aliphatic rings. The number of carbonyl (C=O) groups is 3. The lowest BCUT2D eigenvalue weighted by Crippen LogP contribution is -2.51.